The molecule has 0 unspecified atom stereocenters. The van der Waals surface area contributed by atoms with Gasteiger partial charge in [0.25, 0.3) is 5.91 Å². The second-order valence-electron chi connectivity index (χ2n) is 11.1. The number of fused-ring (bicyclic) bond motifs is 1. The molecule has 2 amide bonds. The third-order valence-corrected chi connectivity index (χ3v) is 7.98. The van der Waals surface area contributed by atoms with Crippen LogP contribution in [0.1, 0.15) is 67.8 Å². The molecule has 4 rings (SSSR count). The average molecular weight is 577 g/mol. The van der Waals surface area contributed by atoms with E-state index in [0.717, 1.165) is 22.6 Å². The van der Waals surface area contributed by atoms with Crippen molar-refractivity contribution in [1.82, 2.24) is 20.2 Å². The van der Waals surface area contributed by atoms with E-state index in [4.69, 9.17) is 28.2 Å². The second kappa shape index (κ2) is 11.7. The fraction of sp³-hybridized carbons (Fsp3) is 0.483. The number of rotatable bonds is 7. The highest BCUT2D eigenvalue weighted by atomic mass is 35.5. The lowest BCUT2D eigenvalue weighted by molar-refractivity contribution is -0.128. The van der Waals surface area contributed by atoms with E-state index < -0.39 is 11.6 Å². The van der Waals surface area contributed by atoms with Crippen molar-refractivity contribution in [2.24, 2.45) is 12.5 Å². The summed E-state index contributed by atoms with van der Waals surface area (Å²) in [7, 11) is 1.92. The Bertz CT molecular complexity index is 1390. The minimum absolute atomic E-state index is 0.0696. The molecule has 3 aromatic rings. The van der Waals surface area contributed by atoms with E-state index in [1.807, 2.05) is 57.5 Å². The average Bonchev–Trinajstić information content (AvgIpc) is 3.19. The van der Waals surface area contributed by atoms with Crippen molar-refractivity contribution in [2.75, 3.05) is 24.5 Å². The maximum absolute atomic E-state index is 13.9. The maximum atomic E-state index is 13.9. The van der Waals surface area contributed by atoms with Gasteiger partial charge in [0.15, 0.2) is 0 Å². The minimum atomic E-state index is -0.812. The molecule has 2 N–H and O–H groups in total. The molecule has 1 aromatic heterocycles. The Labute approximate surface area is 239 Å². The van der Waals surface area contributed by atoms with Gasteiger partial charge in [-0.25, -0.2) is 9.37 Å². The van der Waals surface area contributed by atoms with Gasteiger partial charge in [0.05, 0.1) is 27.3 Å². The van der Waals surface area contributed by atoms with Gasteiger partial charge in [-0.2, -0.15) is 0 Å². The van der Waals surface area contributed by atoms with Gasteiger partial charge >= 0.3 is 0 Å². The molecule has 2 heterocycles. The first-order valence-electron chi connectivity index (χ1n) is 13.3. The summed E-state index contributed by atoms with van der Waals surface area (Å²) >= 11 is 13.4. The van der Waals surface area contributed by atoms with Crippen LogP contribution in [0, 0.1) is 5.41 Å². The number of halogens is 3. The summed E-state index contributed by atoms with van der Waals surface area (Å²) in [6, 6.07) is 7.38. The summed E-state index contributed by atoms with van der Waals surface area (Å²) in [5.74, 6) is 0.478. The van der Waals surface area contributed by atoms with Crippen molar-refractivity contribution in [3.63, 3.8) is 0 Å². The van der Waals surface area contributed by atoms with Crippen LogP contribution in [-0.4, -0.2) is 47.2 Å². The quantitative estimate of drug-likeness (QED) is 0.372. The zero-order chi connectivity index (χ0) is 28.5. The molecule has 7 nitrogen and oxygen atoms in total. The van der Waals surface area contributed by atoms with Gasteiger partial charge in [0.1, 0.15) is 12.0 Å². The maximum Gasteiger partial charge on any atom is 0.253 e. The third kappa shape index (κ3) is 6.33. The number of benzene rings is 2. The molecule has 2 aromatic carbocycles. The number of hydrogen-bond acceptors (Lipinski definition) is 4. The van der Waals surface area contributed by atoms with Gasteiger partial charge in [0, 0.05) is 50.1 Å². The van der Waals surface area contributed by atoms with Crippen LogP contribution in [0.25, 0.3) is 11.0 Å². The van der Waals surface area contributed by atoms with Crippen LogP contribution < -0.4 is 15.5 Å². The van der Waals surface area contributed by atoms with E-state index in [-0.39, 0.29) is 18.4 Å². The number of anilines is 1. The van der Waals surface area contributed by atoms with E-state index in [2.05, 4.69) is 15.5 Å². The fourth-order valence-corrected chi connectivity index (χ4v) is 5.34. The first kappa shape index (κ1) is 29.2. The van der Waals surface area contributed by atoms with Gasteiger partial charge < -0.3 is 20.1 Å². The van der Waals surface area contributed by atoms with E-state index in [0.29, 0.717) is 65.6 Å². The summed E-state index contributed by atoms with van der Waals surface area (Å²) in [6.45, 7) is 9.33. The van der Waals surface area contributed by atoms with Crippen LogP contribution in [0.3, 0.4) is 0 Å². The van der Waals surface area contributed by atoms with Gasteiger partial charge in [-0.1, -0.05) is 50.0 Å². The number of nitrogens with one attached hydrogen (secondary N) is 2. The number of alkyl halides is 1. The lowest BCUT2D eigenvalue weighted by Crippen LogP contribution is -2.36. The van der Waals surface area contributed by atoms with Crippen molar-refractivity contribution in [1.29, 1.82) is 0 Å². The Morgan fingerprint density at radius 1 is 1.13 bits per heavy atom. The molecule has 0 bridgehead atoms. The SMILES string of the molecule is CCNC(=O)c1cc2nc(Cc3c(Cl)ccc(CNC(=O)C(C)(C)C)c3Cl)n(C)c2cc1N1CCC(F)CC1. The predicted molar refractivity (Wildman–Crippen MR) is 156 cm³/mol. The van der Waals surface area contributed by atoms with Crippen LogP contribution in [-0.2, 0) is 24.8 Å². The van der Waals surface area contributed by atoms with E-state index >= 15 is 0 Å². The molecule has 0 atom stereocenters. The third-order valence-electron chi connectivity index (χ3n) is 7.16. The van der Waals surface area contributed by atoms with Gasteiger partial charge in [-0.05, 0) is 49.1 Å². The molecule has 1 fully saturated rings. The van der Waals surface area contributed by atoms with Crippen molar-refractivity contribution in [2.45, 2.75) is 59.7 Å². The Morgan fingerprint density at radius 3 is 2.46 bits per heavy atom. The number of carbonyl (C=O) groups excluding carboxylic acids is 2. The topological polar surface area (TPSA) is 79.3 Å². The molecule has 1 aliphatic rings. The molecule has 0 saturated carbocycles. The van der Waals surface area contributed by atoms with Crippen molar-refractivity contribution in [3.8, 4) is 0 Å². The van der Waals surface area contributed by atoms with Crippen LogP contribution in [0.5, 0.6) is 0 Å². The molecule has 39 heavy (non-hydrogen) atoms. The second-order valence-corrected chi connectivity index (χ2v) is 11.9. The Kier molecular flexibility index (Phi) is 8.76. The summed E-state index contributed by atoms with van der Waals surface area (Å²) in [4.78, 5) is 32.3. The standard InChI is InChI=1S/C29H36Cl2FN5O2/c1-6-33-27(38)20-13-22-24(15-23(20)37-11-9-18(32)10-12-37)36(5)25(35-22)14-19-21(30)8-7-17(26(19)31)16-34-28(39)29(2,3)4/h7-8,13,15,18H,6,9-12,14,16H2,1-5H3,(H,33,38)(H,34,39). The first-order valence-corrected chi connectivity index (χ1v) is 14.1. The molecule has 0 spiro atoms. The van der Waals surface area contributed by atoms with Crippen molar-refractivity contribution in [3.05, 3.63) is 56.8 Å². The zero-order valence-corrected chi connectivity index (χ0v) is 24.6. The highest BCUT2D eigenvalue weighted by molar-refractivity contribution is 6.36. The molecular formula is C29H36Cl2FN5O2. The van der Waals surface area contributed by atoms with Crippen LogP contribution in [0.2, 0.25) is 10.0 Å². The monoisotopic (exact) mass is 575 g/mol. The normalized spacial score (nSPS) is 14.6. The van der Waals surface area contributed by atoms with Gasteiger partial charge in [-0.3, -0.25) is 9.59 Å². The Morgan fingerprint density at radius 2 is 1.82 bits per heavy atom. The Balaban J connectivity index is 1.69. The summed E-state index contributed by atoms with van der Waals surface area (Å²) in [5.41, 5.74) is 3.82. The number of aryl methyl sites for hydroxylation is 1. The number of amides is 2. The molecule has 10 heteroatoms. The summed E-state index contributed by atoms with van der Waals surface area (Å²) in [5, 5.41) is 6.82. The smallest absolute Gasteiger partial charge is 0.253 e. The summed E-state index contributed by atoms with van der Waals surface area (Å²) < 4.78 is 15.8. The lowest BCUT2D eigenvalue weighted by Gasteiger charge is -2.32. The highest BCUT2D eigenvalue weighted by Gasteiger charge is 2.25. The minimum Gasteiger partial charge on any atom is -0.371 e. The highest BCUT2D eigenvalue weighted by Crippen LogP contribution is 2.33. The van der Waals surface area contributed by atoms with Crippen molar-refractivity contribution >= 4 is 51.7 Å². The molecule has 1 aliphatic heterocycles. The van der Waals surface area contributed by atoms with Crippen LogP contribution in [0.4, 0.5) is 10.1 Å². The number of imidazole rings is 1. The van der Waals surface area contributed by atoms with E-state index in [9.17, 15) is 14.0 Å². The number of carbonyl (C=O) groups is 2. The van der Waals surface area contributed by atoms with Gasteiger partial charge in [0.2, 0.25) is 5.91 Å². The van der Waals surface area contributed by atoms with Gasteiger partial charge in [-0.15, -0.1) is 0 Å². The fourth-order valence-electron chi connectivity index (χ4n) is 4.77. The van der Waals surface area contributed by atoms with Crippen molar-refractivity contribution < 1.29 is 14.0 Å². The predicted octanol–water partition coefficient (Wildman–Crippen LogP) is 5.82. The van der Waals surface area contributed by atoms with E-state index in [1.54, 1.807) is 6.07 Å². The molecule has 0 radical (unpaired) electrons. The molecule has 1 saturated heterocycles. The Hall–Kier alpha value is -2.84. The lowest BCUT2D eigenvalue weighted by atomic mass is 9.95. The number of hydrogen-bond donors (Lipinski definition) is 2. The number of piperidine rings is 1. The zero-order valence-electron chi connectivity index (χ0n) is 23.1. The van der Waals surface area contributed by atoms with Crippen LogP contribution >= 0.6 is 23.2 Å². The largest absolute Gasteiger partial charge is 0.371 e. The first-order chi connectivity index (χ1) is 18.4. The number of nitrogens with zero attached hydrogens (tertiary/aromatic N) is 3. The molecule has 210 valence electrons. The summed E-state index contributed by atoms with van der Waals surface area (Å²) in [6.07, 6.45) is 0.427. The number of aromatic nitrogens is 2. The van der Waals surface area contributed by atoms with E-state index in [1.165, 1.54) is 0 Å². The molecular weight excluding hydrogens is 540 g/mol. The molecule has 0 aliphatic carbocycles. The van der Waals surface area contributed by atoms with Crippen LogP contribution in [0.15, 0.2) is 24.3 Å².